The van der Waals surface area contributed by atoms with Gasteiger partial charge >= 0.3 is 0 Å². The number of carbonyl (C=O) groups is 1. The minimum Gasteiger partial charge on any atom is -0.355 e. The van der Waals surface area contributed by atoms with Gasteiger partial charge in [0.25, 0.3) is 0 Å². The van der Waals surface area contributed by atoms with E-state index < -0.39 is 20.0 Å². The predicted molar refractivity (Wildman–Crippen MR) is 109 cm³/mol. The van der Waals surface area contributed by atoms with E-state index in [2.05, 4.69) is 14.8 Å². The SMILES string of the molecule is O=C(CC1CCCCC1)NCCNS(=O)(=O)c1ccc(S(=O)(=O)NC2CC2)cc1. The first-order valence-corrected chi connectivity index (χ1v) is 13.1. The molecule has 2 saturated carbocycles. The van der Waals surface area contributed by atoms with Crippen LogP contribution in [0.15, 0.2) is 34.1 Å². The highest BCUT2D eigenvalue weighted by molar-refractivity contribution is 7.90. The molecule has 0 aliphatic heterocycles. The van der Waals surface area contributed by atoms with Crippen LogP contribution in [0.1, 0.15) is 51.4 Å². The zero-order valence-electron chi connectivity index (χ0n) is 16.4. The van der Waals surface area contributed by atoms with Crippen LogP contribution >= 0.6 is 0 Å². The van der Waals surface area contributed by atoms with E-state index in [1.165, 1.54) is 43.5 Å². The predicted octanol–water partition coefficient (Wildman–Crippen LogP) is 1.49. The van der Waals surface area contributed by atoms with Crippen molar-refractivity contribution in [2.24, 2.45) is 5.92 Å². The molecule has 10 heteroatoms. The molecule has 0 atom stereocenters. The summed E-state index contributed by atoms with van der Waals surface area (Å²) in [6, 6.07) is 5.09. The largest absolute Gasteiger partial charge is 0.355 e. The Hall–Kier alpha value is -1.49. The molecule has 0 spiro atoms. The van der Waals surface area contributed by atoms with Crippen molar-refractivity contribution in [3.05, 3.63) is 24.3 Å². The van der Waals surface area contributed by atoms with E-state index in [-0.39, 0.29) is 34.8 Å². The number of nitrogens with one attached hydrogen (secondary N) is 3. The van der Waals surface area contributed by atoms with E-state index in [9.17, 15) is 21.6 Å². The van der Waals surface area contributed by atoms with Crippen molar-refractivity contribution in [3.8, 4) is 0 Å². The summed E-state index contributed by atoms with van der Waals surface area (Å²) in [7, 11) is -7.39. The Bertz CT molecular complexity index is 904. The van der Waals surface area contributed by atoms with Crippen LogP contribution in [0.2, 0.25) is 0 Å². The van der Waals surface area contributed by atoms with Gasteiger partial charge in [0.15, 0.2) is 0 Å². The fraction of sp³-hybridized carbons (Fsp3) is 0.632. The Kier molecular flexibility index (Phi) is 7.31. The lowest BCUT2D eigenvalue weighted by atomic mass is 9.87. The highest BCUT2D eigenvalue weighted by Crippen LogP contribution is 2.26. The van der Waals surface area contributed by atoms with Crippen molar-refractivity contribution >= 4 is 26.0 Å². The van der Waals surface area contributed by atoms with Gasteiger partial charge in [0.2, 0.25) is 26.0 Å². The topological polar surface area (TPSA) is 121 Å². The summed E-state index contributed by atoms with van der Waals surface area (Å²) in [6.07, 6.45) is 7.91. The number of hydrogen-bond acceptors (Lipinski definition) is 5. The molecule has 0 bridgehead atoms. The summed E-state index contributed by atoms with van der Waals surface area (Å²) in [5.41, 5.74) is 0. The first kappa shape index (κ1) is 22.2. The second kappa shape index (κ2) is 9.55. The van der Waals surface area contributed by atoms with Crippen LogP contribution in [0.25, 0.3) is 0 Å². The minimum absolute atomic E-state index is 0.0154. The van der Waals surface area contributed by atoms with Crippen LogP contribution in [-0.4, -0.2) is 41.9 Å². The Morgan fingerprint density at radius 1 is 0.828 bits per heavy atom. The van der Waals surface area contributed by atoms with Crippen molar-refractivity contribution in [2.45, 2.75) is 67.2 Å². The number of amides is 1. The van der Waals surface area contributed by atoms with Gasteiger partial charge in [-0.1, -0.05) is 19.3 Å². The van der Waals surface area contributed by atoms with E-state index in [0.717, 1.165) is 25.7 Å². The fourth-order valence-electron chi connectivity index (χ4n) is 3.48. The van der Waals surface area contributed by atoms with Crippen molar-refractivity contribution in [1.82, 2.24) is 14.8 Å². The third-order valence-corrected chi connectivity index (χ3v) is 8.29. The minimum atomic E-state index is -3.77. The smallest absolute Gasteiger partial charge is 0.240 e. The van der Waals surface area contributed by atoms with Gasteiger partial charge in [-0.05, 0) is 55.9 Å². The zero-order chi connectivity index (χ0) is 20.9. The molecule has 0 aromatic heterocycles. The average molecular weight is 444 g/mol. The number of carbonyl (C=O) groups excluding carboxylic acids is 1. The maximum absolute atomic E-state index is 12.4. The van der Waals surface area contributed by atoms with Crippen LogP contribution in [0.4, 0.5) is 0 Å². The van der Waals surface area contributed by atoms with Gasteiger partial charge < -0.3 is 5.32 Å². The van der Waals surface area contributed by atoms with Crippen molar-refractivity contribution in [2.75, 3.05) is 13.1 Å². The van der Waals surface area contributed by atoms with Gasteiger partial charge in [-0.15, -0.1) is 0 Å². The summed E-state index contributed by atoms with van der Waals surface area (Å²) in [6.45, 7) is 0.282. The molecular weight excluding hydrogens is 414 g/mol. The number of hydrogen-bond donors (Lipinski definition) is 3. The quantitative estimate of drug-likeness (QED) is 0.473. The Morgan fingerprint density at radius 2 is 1.41 bits per heavy atom. The second-order valence-electron chi connectivity index (χ2n) is 7.82. The van der Waals surface area contributed by atoms with Crippen molar-refractivity contribution < 1.29 is 21.6 Å². The van der Waals surface area contributed by atoms with Gasteiger partial charge in [0, 0.05) is 25.6 Å². The molecule has 29 heavy (non-hydrogen) atoms. The van der Waals surface area contributed by atoms with Gasteiger partial charge in [0.1, 0.15) is 0 Å². The lowest BCUT2D eigenvalue weighted by Gasteiger charge is -2.20. The third kappa shape index (κ3) is 6.77. The Balaban J connectivity index is 1.44. The van der Waals surface area contributed by atoms with Crippen LogP contribution in [-0.2, 0) is 24.8 Å². The molecule has 0 saturated heterocycles. The monoisotopic (exact) mass is 443 g/mol. The van der Waals surface area contributed by atoms with Crippen LogP contribution in [0.3, 0.4) is 0 Å². The third-order valence-electron chi connectivity index (χ3n) is 5.28. The molecule has 1 amide bonds. The molecule has 2 aliphatic rings. The van der Waals surface area contributed by atoms with Crippen LogP contribution in [0, 0.1) is 5.92 Å². The molecule has 0 heterocycles. The van der Waals surface area contributed by atoms with Gasteiger partial charge in [-0.3, -0.25) is 4.79 Å². The molecule has 2 aliphatic carbocycles. The molecule has 0 unspecified atom stereocenters. The summed E-state index contributed by atoms with van der Waals surface area (Å²) in [5, 5.41) is 2.75. The highest BCUT2D eigenvalue weighted by atomic mass is 32.2. The molecule has 0 radical (unpaired) electrons. The average Bonchev–Trinajstić information content (AvgIpc) is 3.49. The Labute approximate surface area is 172 Å². The number of benzene rings is 1. The van der Waals surface area contributed by atoms with E-state index in [0.29, 0.717) is 12.3 Å². The summed E-state index contributed by atoms with van der Waals surface area (Å²) >= 11 is 0. The first-order chi connectivity index (χ1) is 13.8. The molecule has 2 fully saturated rings. The molecule has 3 rings (SSSR count). The van der Waals surface area contributed by atoms with E-state index in [1.54, 1.807) is 0 Å². The summed E-state index contributed by atoms with van der Waals surface area (Å²) in [5.74, 6) is 0.387. The standard InChI is InChI=1S/C19H29N3O5S2/c23-19(14-15-4-2-1-3-5-15)20-12-13-21-28(24,25)17-8-10-18(11-9-17)29(26,27)22-16-6-7-16/h8-11,15-16,21-22H,1-7,12-14H2,(H,20,23). The van der Waals surface area contributed by atoms with Crippen molar-refractivity contribution in [1.29, 1.82) is 0 Å². The van der Waals surface area contributed by atoms with Crippen LogP contribution < -0.4 is 14.8 Å². The fourth-order valence-corrected chi connectivity index (χ4v) is 5.82. The maximum Gasteiger partial charge on any atom is 0.240 e. The Morgan fingerprint density at radius 3 is 2.00 bits per heavy atom. The molecule has 1 aromatic rings. The van der Waals surface area contributed by atoms with E-state index in [4.69, 9.17) is 0 Å². The van der Waals surface area contributed by atoms with E-state index >= 15 is 0 Å². The number of rotatable bonds is 10. The molecule has 8 nitrogen and oxygen atoms in total. The summed E-state index contributed by atoms with van der Waals surface area (Å²) < 4.78 is 54.0. The zero-order valence-corrected chi connectivity index (χ0v) is 18.0. The highest BCUT2D eigenvalue weighted by Gasteiger charge is 2.28. The normalized spacial score (nSPS) is 18.5. The van der Waals surface area contributed by atoms with Gasteiger partial charge in [-0.25, -0.2) is 26.3 Å². The molecular formula is C19H29N3O5S2. The van der Waals surface area contributed by atoms with Crippen LogP contribution in [0.5, 0.6) is 0 Å². The molecule has 162 valence electrons. The lowest BCUT2D eigenvalue weighted by molar-refractivity contribution is -0.122. The van der Waals surface area contributed by atoms with Crippen molar-refractivity contribution in [3.63, 3.8) is 0 Å². The summed E-state index contributed by atoms with van der Waals surface area (Å²) in [4.78, 5) is 12.0. The maximum atomic E-state index is 12.4. The van der Waals surface area contributed by atoms with Gasteiger partial charge in [-0.2, -0.15) is 0 Å². The number of sulfonamides is 2. The first-order valence-electron chi connectivity index (χ1n) is 10.1. The molecule has 3 N–H and O–H groups in total. The molecule has 1 aromatic carbocycles. The van der Waals surface area contributed by atoms with Gasteiger partial charge in [0.05, 0.1) is 9.79 Å². The van der Waals surface area contributed by atoms with E-state index in [1.807, 2.05) is 0 Å². The lowest BCUT2D eigenvalue weighted by Crippen LogP contribution is -2.35. The second-order valence-corrected chi connectivity index (χ2v) is 11.3.